The molecule has 1 fully saturated rings. The molecule has 1 amide bonds. The first-order valence-corrected chi connectivity index (χ1v) is 11.1. The molecular formula is C28H27NO5. The molecule has 1 atom stereocenters. The van der Waals surface area contributed by atoms with E-state index in [1.54, 1.807) is 24.3 Å². The van der Waals surface area contributed by atoms with Gasteiger partial charge in [0.25, 0.3) is 11.7 Å². The number of ketones is 1. The first-order valence-electron chi connectivity index (χ1n) is 11.1. The number of hydrogen-bond acceptors (Lipinski definition) is 5. The molecule has 3 aromatic carbocycles. The van der Waals surface area contributed by atoms with E-state index in [1.807, 2.05) is 61.5 Å². The fourth-order valence-corrected chi connectivity index (χ4v) is 4.02. The van der Waals surface area contributed by atoms with Crippen LogP contribution in [0.25, 0.3) is 5.76 Å². The number of carbonyl (C=O) groups is 2. The number of hydrogen-bond donors (Lipinski definition) is 1. The van der Waals surface area contributed by atoms with Crippen molar-refractivity contribution < 1.29 is 24.2 Å². The van der Waals surface area contributed by atoms with Crippen molar-refractivity contribution in [3.8, 4) is 5.75 Å². The average Bonchev–Trinajstić information content (AvgIpc) is 3.12. The number of ether oxygens (including phenoxy) is 2. The van der Waals surface area contributed by atoms with E-state index >= 15 is 0 Å². The highest BCUT2D eigenvalue weighted by molar-refractivity contribution is 6.46. The lowest BCUT2D eigenvalue weighted by Gasteiger charge is -2.25. The number of carbonyl (C=O) groups excluding carboxylic acids is 2. The second kappa shape index (κ2) is 10.4. The lowest BCUT2D eigenvalue weighted by Crippen LogP contribution is -2.32. The Hall–Kier alpha value is -3.90. The van der Waals surface area contributed by atoms with E-state index in [-0.39, 0.29) is 24.5 Å². The second-order valence-corrected chi connectivity index (χ2v) is 8.20. The minimum Gasteiger partial charge on any atom is -0.507 e. The summed E-state index contributed by atoms with van der Waals surface area (Å²) in [5.41, 5.74) is 3.42. The molecule has 6 heteroatoms. The predicted octanol–water partition coefficient (Wildman–Crippen LogP) is 4.64. The van der Waals surface area contributed by atoms with Crippen LogP contribution in [-0.2, 0) is 20.9 Å². The Kier molecular flexibility index (Phi) is 7.09. The van der Waals surface area contributed by atoms with E-state index in [9.17, 15) is 14.7 Å². The molecule has 0 aliphatic carbocycles. The molecule has 1 N–H and O–H groups in total. The molecule has 0 bridgehead atoms. The summed E-state index contributed by atoms with van der Waals surface area (Å²) in [4.78, 5) is 27.4. The number of benzene rings is 3. The van der Waals surface area contributed by atoms with Crippen molar-refractivity contribution in [3.05, 3.63) is 107 Å². The number of aliphatic hydroxyl groups excluding tert-OH is 1. The second-order valence-electron chi connectivity index (χ2n) is 8.20. The van der Waals surface area contributed by atoms with Crippen LogP contribution in [0.2, 0.25) is 0 Å². The highest BCUT2D eigenvalue weighted by Crippen LogP contribution is 2.40. The minimum atomic E-state index is -0.752. The first-order chi connectivity index (χ1) is 16.5. The molecule has 1 heterocycles. The molecule has 0 aromatic heterocycles. The summed E-state index contributed by atoms with van der Waals surface area (Å²) >= 11 is 0. The molecule has 3 aromatic rings. The summed E-state index contributed by atoms with van der Waals surface area (Å²) in [5.74, 6) is -0.969. The Labute approximate surface area is 199 Å². The quantitative estimate of drug-likeness (QED) is 0.303. The van der Waals surface area contributed by atoms with Crippen LogP contribution in [-0.4, -0.2) is 42.0 Å². The molecule has 174 valence electrons. The van der Waals surface area contributed by atoms with Gasteiger partial charge in [-0.3, -0.25) is 9.59 Å². The van der Waals surface area contributed by atoms with Gasteiger partial charge in [0.1, 0.15) is 18.1 Å². The van der Waals surface area contributed by atoms with Crippen LogP contribution in [0.3, 0.4) is 0 Å². The van der Waals surface area contributed by atoms with Crippen LogP contribution in [0.5, 0.6) is 5.75 Å². The lowest BCUT2D eigenvalue weighted by molar-refractivity contribution is -0.140. The summed E-state index contributed by atoms with van der Waals surface area (Å²) in [6.45, 7) is 2.89. The fraction of sp³-hybridized carbons (Fsp3) is 0.214. The maximum atomic E-state index is 13.0. The Morgan fingerprint density at radius 1 is 0.971 bits per heavy atom. The van der Waals surface area contributed by atoms with Gasteiger partial charge in [-0.05, 0) is 30.2 Å². The summed E-state index contributed by atoms with van der Waals surface area (Å²) in [5, 5.41) is 11.0. The van der Waals surface area contributed by atoms with E-state index in [2.05, 4.69) is 0 Å². The van der Waals surface area contributed by atoms with Gasteiger partial charge < -0.3 is 19.5 Å². The van der Waals surface area contributed by atoms with Gasteiger partial charge in [0.05, 0.1) is 18.2 Å². The van der Waals surface area contributed by atoms with Gasteiger partial charge in [0, 0.05) is 19.2 Å². The SMILES string of the molecule is COCCN1C(=O)C(=O)/C(=C(\O)c2ccccc2)C1c1cccc(OCc2ccc(C)cc2)c1. The zero-order valence-corrected chi connectivity index (χ0v) is 19.2. The number of likely N-dealkylation sites (tertiary alicyclic amines) is 1. The third-order valence-electron chi connectivity index (χ3n) is 5.82. The zero-order chi connectivity index (χ0) is 24.1. The van der Waals surface area contributed by atoms with Gasteiger partial charge in [-0.15, -0.1) is 0 Å². The molecule has 0 saturated carbocycles. The van der Waals surface area contributed by atoms with E-state index in [0.29, 0.717) is 23.5 Å². The van der Waals surface area contributed by atoms with Crippen molar-refractivity contribution in [2.75, 3.05) is 20.3 Å². The van der Waals surface area contributed by atoms with Gasteiger partial charge in [0.2, 0.25) is 0 Å². The predicted molar refractivity (Wildman–Crippen MR) is 129 cm³/mol. The van der Waals surface area contributed by atoms with E-state index in [4.69, 9.17) is 9.47 Å². The Bertz CT molecular complexity index is 1200. The highest BCUT2D eigenvalue weighted by atomic mass is 16.5. The van der Waals surface area contributed by atoms with Crippen molar-refractivity contribution >= 4 is 17.4 Å². The molecule has 34 heavy (non-hydrogen) atoms. The summed E-state index contributed by atoms with van der Waals surface area (Å²) in [6, 6.07) is 23.4. The maximum Gasteiger partial charge on any atom is 0.295 e. The van der Waals surface area contributed by atoms with Crippen LogP contribution in [0.1, 0.15) is 28.3 Å². The average molecular weight is 458 g/mol. The number of aryl methyl sites for hydroxylation is 1. The monoisotopic (exact) mass is 457 g/mol. The third kappa shape index (κ3) is 4.87. The van der Waals surface area contributed by atoms with E-state index < -0.39 is 17.7 Å². The van der Waals surface area contributed by atoms with Crippen molar-refractivity contribution in [2.45, 2.75) is 19.6 Å². The third-order valence-corrected chi connectivity index (χ3v) is 5.82. The molecular weight excluding hydrogens is 430 g/mol. The first kappa shape index (κ1) is 23.3. The van der Waals surface area contributed by atoms with Crippen LogP contribution in [0, 0.1) is 6.92 Å². The topological polar surface area (TPSA) is 76.1 Å². The number of amides is 1. The van der Waals surface area contributed by atoms with Crippen molar-refractivity contribution in [1.29, 1.82) is 0 Å². The fourth-order valence-electron chi connectivity index (χ4n) is 4.02. The van der Waals surface area contributed by atoms with E-state index in [0.717, 1.165) is 5.56 Å². The maximum absolute atomic E-state index is 13.0. The summed E-state index contributed by atoms with van der Waals surface area (Å²) < 4.78 is 11.2. The number of aliphatic hydroxyl groups is 1. The number of rotatable bonds is 8. The highest BCUT2D eigenvalue weighted by Gasteiger charge is 2.45. The molecule has 4 rings (SSSR count). The Morgan fingerprint density at radius 3 is 2.41 bits per heavy atom. The molecule has 1 saturated heterocycles. The van der Waals surface area contributed by atoms with Crippen molar-refractivity contribution in [1.82, 2.24) is 4.90 Å². The van der Waals surface area contributed by atoms with Crippen LogP contribution in [0.15, 0.2) is 84.4 Å². The van der Waals surface area contributed by atoms with Gasteiger partial charge >= 0.3 is 0 Å². The van der Waals surface area contributed by atoms with Crippen molar-refractivity contribution in [2.24, 2.45) is 0 Å². The lowest BCUT2D eigenvalue weighted by atomic mass is 9.95. The number of nitrogens with zero attached hydrogens (tertiary/aromatic N) is 1. The molecule has 1 aliphatic heterocycles. The Morgan fingerprint density at radius 2 is 1.71 bits per heavy atom. The number of methoxy groups -OCH3 is 1. The van der Waals surface area contributed by atoms with Gasteiger partial charge in [0.15, 0.2) is 0 Å². The zero-order valence-electron chi connectivity index (χ0n) is 19.2. The summed E-state index contributed by atoms with van der Waals surface area (Å²) in [6.07, 6.45) is 0. The normalized spacial score (nSPS) is 17.2. The van der Waals surface area contributed by atoms with Crippen molar-refractivity contribution in [3.63, 3.8) is 0 Å². The smallest absolute Gasteiger partial charge is 0.295 e. The van der Waals surface area contributed by atoms with Crippen LogP contribution >= 0.6 is 0 Å². The van der Waals surface area contributed by atoms with Crippen LogP contribution in [0.4, 0.5) is 0 Å². The van der Waals surface area contributed by atoms with Gasteiger partial charge in [-0.1, -0.05) is 72.3 Å². The minimum absolute atomic E-state index is 0.0583. The summed E-state index contributed by atoms with van der Waals surface area (Å²) in [7, 11) is 1.54. The van der Waals surface area contributed by atoms with Crippen LogP contribution < -0.4 is 4.74 Å². The van der Waals surface area contributed by atoms with Gasteiger partial charge in [-0.2, -0.15) is 0 Å². The standard InChI is InChI=1S/C28H27NO5/c1-19-11-13-20(14-12-19)18-34-23-10-6-9-22(17-23)25-24(26(30)21-7-4-3-5-8-21)27(31)28(32)29(25)15-16-33-2/h3-14,17,25,30H,15-16,18H2,1-2H3/b26-24-. The molecule has 0 radical (unpaired) electrons. The molecule has 6 nitrogen and oxygen atoms in total. The van der Waals surface area contributed by atoms with E-state index in [1.165, 1.54) is 17.6 Å². The van der Waals surface area contributed by atoms with Gasteiger partial charge in [-0.25, -0.2) is 0 Å². The largest absolute Gasteiger partial charge is 0.507 e. The Balaban J connectivity index is 1.70. The molecule has 1 aliphatic rings. The number of Topliss-reactive ketones (excluding diaryl/α,β-unsaturated/α-hetero) is 1. The molecule has 0 spiro atoms. The molecule has 1 unspecified atom stereocenters.